The number of piperidine rings is 1. The third kappa shape index (κ3) is 3.98. The van der Waals surface area contributed by atoms with Crippen molar-refractivity contribution >= 4 is 22.7 Å². The standard InChI is InChI=1S/C24H26FN5O3S/c25-18-2-1-14-9-15(24(32)30-13-19(31)21(18)22(14)30)12-29-5-3-16(4-6-29)26-11-17-10-20-23(28-27-17)34-8-7-33-20/h1-2,9-10,16,19,26,31H,3-8,11-13H2. The summed E-state index contributed by atoms with van der Waals surface area (Å²) in [6.07, 6.45) is 0.972. The Morgan fingerprint density at radius 1 is 1.24 bits per heavy atom. The number of nitrogens with zero attached hydrogens (tertiary/aromatic N) is 4. The zero-order chi connectivity index (χ0) is 23.2. The van der Waals surface area contributed by atoms with E-state index in [-0.39, 0.29) is 17.7 Å². The van der Waals surface area contributed by atoms with Crippen LogP contribution in [-0.4, -0.2) is 56.3 Å². The molecule has 3 aromatic rings. The number of pyridine rings is 1. The Labute approximate surface area is 200 Å². The summed E-state index contributed by atoms with van der Waals surface area (Å²) in [4.78, 5) is 15.4. The van der Waals surface area contributed by atoms with Crippen LogP contribution in [0.25, 0.3) is 10.9 Å². The molecule has 10 heteroatoms. The van der Waals surface area contributed by atoms with Crippen LogP contribution in [0.3, 0.4) is 0 Å². The third-order valence-corrected chi connectivity index (χ3v) is 7.84. The van der Waals surface area contributed by atoms with Gasteiger partial charge in [-0.25, -0.2) is 4.39 Å². The highest BCUT2D eigenvalue weighted by Gasteiger charge is 2.29. The van der Waals surface area contributed by atoms with Crippen LogP contribution in [0.1, 0.15) is 35.8 Å². The molecule has 178 valence electrons. The lowest BCUT2D eigenvalue weighted by Gasteiger charge is -2.32. The van der Waals surface area contributed by atoms with Gasteiger partial charge in [-0.3, -0.25) is 9.69 Å². The summed E-state index contributed by atoms with van der Waals surface area (Å²) in [7, 11) is 0. The SMILES string of the molecule is O=c1c(CN2CCC(NCc3cc4c(nn3)SCCO4)CC2)cc2ccc(F)c3c2n1CC3O. The molecule has 8 nitrogen and oxygen atoms in total. The Morgan fingerprint density at radius 2 is 2.09 bits per heavy atom. The molecule has 5 heterocycles. The summed E-state index contributed by atoms with van der Waals surface area (Å²) in [5.41, 5.74) is 2.19. The Balaban J connectivity index is 1.08. The summed E-state index contributed by atoms with van der Waals surface area (Å²) in [5, 5.41) is 24.1. The first-order chi connectivity index (χ1) is 16.6. The van der Waals surface area contributed by atoms with Gasteiger partial charge in [-0.2, -0.15) is 5.10 Å². The molecule has 2 N–H and O–H groups in total. The first-order valence-corrected chi connectivity index (χ1v) is 12.7. The van der Waals surface area contributed by atoms with Crippen LogP contribution in [0.4, 0.5) is 4.39 Å². The lowest BCUT2D eigenvalue weighted by Crippen LogP contribution is -2.42. The Bertz CT molecular complexity index is 1310. The first-order valence-electron chi connectivity index (χ1n) is 11.7. The summed E-state index contributed by atoms with van der Waals surface area (Å²) >= 11 is 1.67. The number of hydrogen-bond donors (Lipinski definition) is 2. The van der Waals surface area contributed by atoms with Crippen LogP contribution < -0.4 is 15.6 Å². The molecule has 0 radical (unpaired) electrons. The van der Waals surface area contributed by atoms with E-state index >= 15 is 0 Å². The van der Waals surface area contributed by atoms with Crippen LogP contribution >= 0.6 is 11.8 Å². The maximum absolute atomic E-state index is 14.2. The molecule has 1 aromatic carbocycles. The zero-order valence-electron chi connectivity index (χ0n) is 18.7. The molecule has 0 spiro atoms. The maximum atomic E-state index is 14.2. The number of aliphatic hydroxyl groups is 1. The van der Waals surface area contributed by atoms with E-state index in [4.69, 9.17) is 4.74 Å². The molecule has 3 aliphatic rings. The van der Waals surface area contributed by atoms with E-state index in [0.717, 1.165) is 53.5 Å². The number of hydrogen-bond acceptors (Lipinski definition) is 8. The van der Waals surface area contributed by atoms with Crippen LogP contribution in [0.5, 0.6) is 5.75 Å². The van der Waals surface area contributed by atoms with E-state index in [1.165, 1.54) is 10.6 Å². The Morgan fingerprint density at radius 3 is 2.94 bits per heavy atom. The number of ether oxygens (including phenoxy) is 1. The average Bonchev–Trinajstić information content (AvgIpc) is 3.22. The maximum Gasteiger partial charge on any atom is 0.255 e. The van der Waals surface area contributed by atoms with Crippen LogP contribution in [0.2, 0.25) is 0 Å². The van der Waals surface area contributed by atoms with E-state index in [1.807, 2.05) is 12.1 Å². The van der Waals surface area contributed by atoms with Crippen molar-refractivity contribution in [3.05, 3.63) is 57.3 Å². The summed E-state index contributed by atoms with van der Waals surface area (Å²) in [5.74, 6) is 1.28. The fourth-order valence-corrected chi connectivity index (χ4v) is 5.90. The molecule has 0 aliphatic carbocycles. The summed E-state index contributed by atoms with van der Waals surface area (Å²) in [6, 6.07) is 7.27. The van der Waals surface area contributed by atoms with E-state index < -0.39 is 11.9 Å². The minimum Gasteiger partial charge on any atom is -0.490 e. The highest BCUT2D eigenvalue weighted by Crippen LogP contribution is 2.34. The molecular weight excluding hydrogens is 457 g/mol. The van der Waals surface area contributed by atoms with Crippen LogP contribution in [-0.2, 0) is 19.6 Å². The number of fused-ring (bicyclic) bond motifs is 1. The van der Waals surface area contributed by atoms with Crippen molar-refractivity contribution in [3.8, 4) is 5.75 Å². The van der Waals surface area contributed by atoms with Crippen molar-refractivity contribution < 1.29 is 14.2 Å². The normalized spacial score (nSPS) is 20.5. The average molecular weight is 484 g/mol. The lowest BCUT2D eigenvalue weighted by atomic mass is 10.0. The highest BCUT2D eigenvalue weighted by atomic mass is 32.2. The van der Waals surface area contributed by atoms with Crippen molar-refractivity contribution in [2.24, 2.45) is 0 Å². The van der Waals surface area contributed by atoms with Crippen molar-refractivity contribution in [2.75, 3.05) is 25.4 Å². The number of benzene rings is 1. The minimum atomic E-state index is -0.974. The van der Waals surface area contributed by atoms with Gasteiger partial charge in [0.1, 0.15) is 11.9 Å². The van der Waals surface area contributed by atoms with Gasteiger partial charge in [0, 0.05) is 42.1 Å². The number of aliphatic hydroxyl groups excluding tert-OH is 1. The highest BCUT2D eigenvalue weighted by molar-refractivity contribution is 7.99. The molecule has 0 bridgehead atoms. The topological polar surface area (TPSA) is 92.5 Å². The van der Waals surface area contributed by atoms with Gasteiger partial charge in [0.05, 0.1) is 24.4 Å². The number of rotatable bonds is 5. The molecule has 0 saturated carbocycles. The van der Waals surface area contributed by atoms with Gasteiger partial charge in [0.25, 0.3) is 5.56 Å². The summed E-state index contributed by atoms with van der Waals surface area (Å²) < 4.78 is 21.4. The van der Waals surface area contributed by atoms with Crippen molar-refractivity contribution in [1.82, 2.24) is 25.0 Å². The molecule has 6 rings (SSSR count). The molecular formula is C24H26FN5O3S. The van der Waals surface area contributed by atoms with Gasteiger partial charge < -0.3 is 19.7 Å². The lowest BCUT2D eigenvalue weighted by molar-refractivity contribution is 0.164. The van der Waals surface area contributed by atoms with E-state index in [2.05, 4.69) is 20.4 Å². The zero-order valence-corrected chi connectivity index (χ0v) is 19.5. The molecule has 1 unspecified atom stereocenters. The van der Waals surface area contributed by atoms with Gasteiger partial charge in [-0.15, -0.1) is 5.10 Å². The van der Waals surface area contributed by atoms with Gasteiger partial charge >= 0.3 is 0 Å². The first kappa shape index (κ1) is 22.0. The van der Waals surface area contributed by atoms with Crippen LogP contribution in [0, 0.1) is 5.82 Å². The van der Waals surface area contributed by atoms with Gasteiger partial charge in [0.15, 0.2) is 10.8 Å². The molecule has 2 aromatic heterocycles. The fourth-order valence-electron chi connectivity index (χ4n) is 5.18. The number of nitrogens with one attached hydrogen (secondary N) is 1. The van der Waals surface area contributed by atoms with E-state index in [0.29, 0.717) is 36.8 Å². The van der Waals surface area contributed by atoms with Gasteiger partial charge in [-0.1, -0.05) is 11.8 Å². The largest absolute Gasteiger partial charge is 0.490 e. The van der Waals surface area contributed by atoms with E-state index in [1.54, 1.807) is 17.8 Å². The number of thioether (sulfide) groups is 1. The molecule has 0 amide bonds. The fraction of sp³-hybridized carbons (Fsp3) is 0.458. The quantitative estimate of drug-likeness (QED) is 0.571. The molecule has 1 saturated heterocycles. The minimum absolute atomic E-state index is 0.112. The second-order valence-corrected chi connectivity index (χ2v) is 10.2. The molecule has 3 aliphatic heterocycles. The van der Waals surface area contributed by atoms with Crippen molar-refractivity contribution in [1.29, 1.82) is 0 Å². The van der Waals surface area contributed by atoms with Crippen molar-refractivity contribution in [3.63, 3.8) is 0 Å². The van der Waals surface area contributed by atoms with Gasteiger partial charge in [0.2, 0.25) is 0 Å². The smallest absolute Gasteiger partial charge is 0.255 e. The second kappa shape index (κ2) is 8.92. The monoisotopic (exact) mass is 483 g/mol. The summed E-state index contributed by atoms with van der Waals surface area (Å²) in [6.45, 7) is 3.77. The second-order valence-electron chi connectivity index (χ2n) is 9.13. The Hall–Kier alpha value is -2.53. The number of aromatic nitrogens is 3. The van der Waals surface area contributed by atoms with Crippen molar-refractivity contribution in [2.45, 2.75) is 49.6 Å². The molecule has 1 fully saturated rings. The number of halogens is 1. The molecule has 1 atom stereocenters. The van der Waals surface area contributed by atoms with Gasteiger partial charge in [-0.05, 0) is 49.5 Å². The third-order valence-electron chi connectivity index (χ3n) is 6.91. The molecule has 34 heavy (non-hydrogen) atoms. The predicted octanol–water partition coefficient (Wildman–Crippen LogP) is 2.22. The number of likely N-dealkylation sites (tertiary alicyclic amines) is 1. The van der Waals surface area contributed by atoms with E-state index in [9.17, 15) is 14.3 Å². The predicted molar refractivity (Wildman–Crippen MR) is 127 cm³/mol. The van der Waals surface area contributed by atoms with Crippen LogP contribution in [0.15, 0.2) is 34.1 Å². The Kier molecular flexibility index (Phi) is 5.76.